The summed E-state index contributed by atoms with van der Waals surface area (Å²) in [5, 5.41) is 4.95. The van der Waals surface area contributed by atoms with Gasteiger partial charge in [-0.1, -0.05) is 31.2 Å². The number of aromatic nitrogens is 2. The van der Waals surface area contributed by atoms with E-state index in [1.807, 2.05) is 70.7 Å². The van der Waals surface area contributed by atoms with Crippen LogP contribution in [0.3, 0.4) is 0 Å². The first-order valence-electron chi connectivity index (χ1n) is 8.16. The largest absolute Gasteiger partial charge is 0.322 e. The Hall–Kier alpha value is -2.92. The molecule has 0 aliphatic rings. The van der Waals surface area contributed by atoms with E-state index >= 15 is 0 Å². The molecule has 5 heteroatoms. The molecule has 0 saturated heterocycles. The van der Waals surface area contributed by atoms with Gasteiger partial charge in [-0.3, -0.25) is 9.20 Å². The van der Waals surface area contributed by atoms with E-state index in [4.69, 9.17) is 0 Å². The zero-order chi connectivity index (χ0) is 17.2. The lowest BCUT2D eigenvalue weighted by molar-refractivity contribution is 0.102. The molecule has 0 radical (unpaired) electrons. The zero-order valence-electron chi connectivity index (χ0n) is 13.8. The third kappa shape index (κ3) is 3.19. The maximum absolute atomic E-state index is 12.3. The molecule has 2 aromatic heterocycles. The third-order valence-electron chi connectivity index (χ3n) is 4.16. The highest BCUT2D eigenvalue weighted by atomic mass is 32.1. The summed E-state index contributed by atoms with van der Waals surface area (Å²) in [6.45, 7) is 2.10. The molecule has 0 spiro atoms. The molecule has 4 rings (SSSR count). The van der Waals surface area contributed by atoms with E-state index in [9.17, 15) is 4.79 Å². The number of carbonyl (C=O) groups is 1. The number of carbonyl (C=O) groups excluding carboxylic acids is 1. The van der Waals surface area contributed by atoms with Gasteiger partial charge in [-0.05, 0) is 36.2 Å². The fourth-order valence-electron chi connectivity index (χ4n) is 2.69. The van der Waals surface area contributed by atoms with Crippen molar-refractivity contribution in [2.24, 2.45) is 0 Å². The Kier molecular flexibility index (Phi) is 4.07. The number of rotatable bonds is 4. The lowest BCUT2D eigenvalue weighted by atomic mass is 10.1. The molecule has 0 aliphatic carbocycles. The molecule has 0 unspecified atom stereocenters. The van der Waals surface area contributed by atoms with Crippen LogP contribution in [0.25, 0.3) is 16.2 Å². The van der Waals surface area contributed by atoms with Crippen molar-refractivity contribution >= 4 is 27.9 Å². The zero-order valence-corrected chi connectivity index (χ0v) is 14.6. The van der Waals surface area contributed by atoms with E-state index in [0.717, 1.165) is 28.3 Å². The number of thiazole rings is 1. The number of nitrogens with zero attached hydrogens (tertiary/aromatic N) is 2. The lowest BCUT2D eigenvalue weighted by Crippen LogP contribution is -2.11. The molecule has 0 aliphatic heterocycles. The van der Waals surface area contributed by atoms with Crippen molar-refractivity contribution in [3.05, 3.63) is 77.4 Å². The summed E-state index contributed by atoms with van der Waals surface area (Å²) in [5.74, 6) is -0.0992. The van der Waals surface area contributed by atoms with Crippen LogP contribution in [0.2, 0.25) is 0 Å². The van der Waals surface area contributed by atoms with Gasteiger partial charge in [-0.15, -0.1) is 11.3 Å². The van der Waals surface area contributed by atoms with Gasteiger partial charge >= 0.3 is 0 Å². The Balaban J connectivity index is 1.49. The fourth-order valence-corrected chi connectivity index (χ4v) is 3.39. The molecule has 4 aromatic rings. The van der Waals surface area contributed by atoms with Gasteiger partial charge in [0.05, 0.1) is 5.69 Å². The second-order valence-corrected chi connectivity index (χ2v) is 6.67. The van der Waals surface area contributed by atoms with Crippen molar-refractivity contribution in [3.8, 4) is 11.3 Å². The molecule has 1 N–H and O–H groups in total. The van der Waals surface area contributed by atoms with E-state index in [1.54, 1.807) is 11.3 Å². The summed E-state index contributed by atoms with van der Waals surface area (Å²) < 4.78 is 2.01. The van der Waals surface area contributed by atoms with Gasteiger partial charge in [0, 0.05) is 34.6 Å². The van der Waals surface area contributed by atoms with E-state index in [2.05, 4.69) is 17.2 Å². The molecule has 4 nitrogen and oxygen atoms in total. The summed E-state index contributed by atoms with van der Waals surface area (Å²) in [6, 6.07) is 15.5. The summed E-state index contributed by atoms with van der Waals surface area (Å²) in [5.41, 5.74) is 4.62. The first-order chi connectivity index (χ1) is 12.2. The van der Waals surface area contributed by atoms with Gasteiger partial charge in [0.15, 0.2) is 4.96 Å². The van der Waals surface area contributed by atoms with Crippen LogP contribution in [0.15, 0.2) is 66.3 Å². The minimum Gasteiger partial charge on any atom is -0.322 e. The predicted molar refractivity (Wildman–Crippen MR) is 102 cm³/mol. The average Bonchev–Trinajstić information content (AvgIpc) is 3.24. The first-order valence-corrected chi connectivity index (χ1v) is 9.04. The number of aryl methyl sites for hydroxylation is 1. The Bertz CT molecular complexity index is 985. The van der Waals surface area contributed by atoms with Crippen molar-refractivity contribution in [1.82, 2.24) is 9.38 Å². The number of hydrogen-bond donors (Lipinski definition) is 1. The molecule has 0 bridgehead atoms. The fraction of sp³-hybridized carbons (Fsp3) is 0.100. The minimum absolute atomic E-state index is 0.0992. The highest BCUT2D eigenvalue weighted by molar-refractivity contribution is 7.15. The van der Waals surface area contributed by atoms with Crippen molar-refractivity contribution in [1.29, 1.82) is 0 Å². The average molecular weight is 347 g/mol. The number of amides is 1. The molecule has 1 amide bonds. The molecule has 0 atom stereocenters. The van der Waals surface area contributed by atoms with Crippen LogP contribution < -0.4 is 5.32 Å². The van der Waals surface area contributed by atoms with Crippen molar-refractivity contribution in [3.63, 3.8) is 0 Å². The standard InChI is InChI=1S/C20H17N3OS/c1-2-14-3-5-16(6-4-14)19(24)21-17-9-7-15(8-10-17)18-13-23-11-12-25-20(23)22-18/h3-13H,2H2,1H3,(H,21,24). The molecule has 0 fully saturated rings. The van der Waals surface area contributed by atoms with Crippen LogP contribution in [-0.4, -0.2) is 15.3 Å². The van der Waals surface area contributed by atoms with Crippen LogP contribution in [0.5, 0.6) is 0 Å². The number of hydrogen-bond acceptors (Lipinski definition) is 3. The Morgan fingerprint density at radius 3 is 2.56 bits per heavy atom. The second kappa shape index (κ2) is 6.53. The third-order valence-corrected chi connectivity index (χ3v) is 4.93. The normalized spacial score (nSPS) is 10.9. The number of imidazole rings is 1. The second-order valence-electron chi connectivity index (χ2n) is 5.80. The molecule has 2 heterocycles. The molecule has 2 aromatic carbocycles. The molecular formula is C20H17N3OS. The molecule has 0 saturated carbocycles. The van der Waals surface area contributed by atoms with E-state index < -0.39 is 0 Å². The van der Waals surface area contributed by atoms with Gasteiger partial charge in [-0.2, -0.15) is 0 Å². The number of benzene rings is 2. The summed E-state index contributed by atoms with van der Waals surface area (Å²) >= 11 is 1.61. The summed E-state index contributed by atoms with van der Waals surface area (Å²) in [4.78, 5) is 17.9. The van der Waals surface area contributed by atoms with Gasteiger partial charge in [0.25, 0.3) is 5.91 Å². The summed E-state index contributed by atoms with van der Waals surface area (Å²) in [6.07, 6.45) is 4.97. The highest BCUT2D eigenvalue weighted by Crippen LogP contribution is 2.23. The minimum atomic E-state index is -0.0992. The van der Waals surface area contributed by atoms with Gasteiger partial charge < -0.3 is 5.32 Å². The Morgan fingerprint density at radius 2 is 1.88 bits per heavy atom. The van der Waals surface area contributed by atoms with Crippen molar-refractivity contribution in [2.45, 2.75) is 13.3 Å². The SMILES string of the molecule is CCc1ccc(C(=O)Nc2ccc(-c3cn4ccsc4n3)cc2)cc1. The van der Waals surface area contributed by atoms with Crippen molar-refractivity contribution < 1.29 is 4.79 Å². The van der Waals surface area contributed by atoms with Crippen LogP contribution in [0, 0.1) is 0 Å². The van der Waals surface area contributed by atoms with Crippen LogP contribution in [0.1, 0.15) is 22.8 Å². The quantitative estimate of drug-likeness (QED) is 0.572. The van der Waals surface area contributed by atoms with Gasteiger partial charge in [0.1, 0.15) is 0 Å². The Labute approximate surface area is 149 Å². The first kappa shape index (κ1) is 15.6. The number of nitrogens with one attached hydrogen (secondary N) is 1. The topological polar surface area (TPSA) is 46.4 Å². The van der Waals surface area contributed by atoms with Gasteiger partial charge in [-0.25, -0.2) is 4.98 Å². The highest BCUT2D eigenvalue weighted by Gasteiger charge is 2.08. The van der Waals surface area contributed by atoms with Crippen LogP contribution in [-0.2, 0) is 6.42 Å². The predicted octanol–water partition coefficient (Wildman–Crippen LogP) is 4.88. The van der Waals surface area contributed by atoms with E-state index in [-0.39, 0.29) is 5.91 Å². The number of anilines is 1. The van der Waals surface area contributed by atoms with E-state index in [0.29, 0.717) is 5.56 Å². The number of fused-ring (bicyclic) bond motifs is 1. The van der Waals surface area contributed by atoms with E-state index in [1.165, 1.54) is 5.56 Å². The lowest BCUT2D eigenvalue weighted by Gasteiger charge is -2.06. The maximum Gasteiger partial charge on any atom is 0.255 e. The van der Waals surface area contributed by atoms with Crippen molar-refractivity contribution in [2.75, 3.05) is 5.32 Å². The van der Waals surface area contributed by atoms with Crippen LogP contribution in [0.4, 0.5) is 5.69 Å². The monoisotopic (exact) mass is 347 g/mol. The maximum atomic E-state index is 12.3. The molecular weight excluding hydrogens is 330 g/mol. The molecule has 25 heavy (non-hydrogen) atoms. The Morgan fingerprint density at radius 1 is 1.12 bits per heavy atom. The summed E-state index contributed by atoms with van der Waals surface area (Å²) in [7, 11) is 0. The van der Waals surface area contributed by atoms with Crippen LogP contribution >= 0.6 is 11.3 Å². The smallest absolute Gasteiger partial charge is 0.255 e. The molecule has 124 valence electrons. The van der Waals surface area contributed by atoms with Gasteiger partial charge in [0.2, 0.25) is 0 Å².